The topological polar surface area (TPSA) is 62.3 Å². The molecule has 1 atom stereocenters. The number of carbonyl (C=O) groups excluding carboxylic acids is 2. The Labute approximate surface area is 301 Å². The van der Waals surface area contributed by atoms with Gasteiger partial charge in [0.2, 0.25) is 5.91 Å². The van der Waals surface area contributed by atoms with Crippen molar-refractivity contribution in [3.05, 3.63) is 119 Å². The third kappa shape index (κ3) is 8.65. The summed E-state index contributed by atoms with van der Waals surface area (Å²) in [4.78, 5) is 32.0. The SMILES string of the molecule is CCOC(=O)CCCN1CCN(C/C=C2/CN(C(c3ccccc3)(c3ccccc3)c3ccccc3)CCC2O[Si](C)(C)C(C)(C)C)C(=O)C1. The van der Waals surface area contributed by atoms with Gasteiger partial charge in [0.1, 0.15) is 0 Å². The zero-order valence-corrected chi connectivity index (χ0v) is 32.1. The van der Waals surface area contributed by atoms with Gasteiger partial charge in [-0.3, -0.25) is 19.4 Å². The molecule has 0 N–H and O–H groups in total. The quantitative estimate of drug-likeness (QED) is 0.0800. The lowest BCUT2D eigenvalue weighted by molar-refractivity contribution is -0.143. The fourth-order valence-corrected chi connectivity index (χ4v) is 8.48. The number of hydrogen-bond acceptors (Lipinski definition) is 6. The molecular formula is C42H57N3O4Si. The molecule has 2 aliphatic rings. The molecular weight excluding hydrogens is 639 g/mol. The van der Waals surface area contributed by atoms with Gasteiger partial charge in [-0.2, -0.15) is 0 Å². The Balaban J connectivity index is 1.45. The van der Waals surface area contributed by atoms with Crippen molar-refractivity contribution in [2.75, 3.05) is 52.4 Å². The summed E-state index contributed by atoms with van der Waals surface area (Å²) in [6.45, 7) is 18.5. The standard InChI is InChI=1S/C42H57N3O4Si/c1-7-48-40(47)24-17-27-43-30-31-44(39(46)33-43)28-25-34-32-45(29-26-38(34)49-50(5,6)41(2,3)4)42(35-18-11-8-12-19-35,36-20-13-9-14-21-36)37-22-15-10-16-23-37/h8-16,18-23,25,38H,7,17,24,26-33H2,1-6H3/b34-25-. The third-order valence-corrected chi connectivity index (χ3v) is 15.4. The van der Waals surface area contributed by atoms with E-state index in [2.05, 4.69) is 141 Å². The number of hydrogen-bond donors (Lipinski definition) is 0. The lowest BCUT2D eigenvalue weighted by atomic mass is 9.74. The van der Waals surface area contributed by atoms with Crippen molar-refractivity contribution < 1.29 is 18.8 Å². The van der Waals surface area contributed by atoms with E-state index >= 15 is 0 Å². The summed E-state index contributed by atoms with van der Waals surface area (Å²) < 4.78 is 12.3. The fourth-order valence-electron chi connectivity index (χ4n) is 7.14. The van der Waals surface area contributed by atoms with E-state index in [0.29, 0.717) is 39.1 Å². The predicted octanol–water partition coefficient (Wildman–Crippen LogP) is 7.49. The van der Waals surface area contributed by atoms with Crippen molar-refractivity contribution >= 4 is 20.2 Å². The third-order valence-electron chi connectivity index (χ3n) is 10.9. The number of piperidine rings is 1. The smallest absolute Gasteiger partial charge is 0.305 e. The summed E-state index contributed by atoms with van der Waals surface area (Å²) >= 11 is 0. The highest BCUT2D eigenvalue weighted by molar-refractivity contribution is 6.74. The number of nitrogens with zero attached hydrogens (tertiary/aromatic N) is 3. The van der Waals surface area contributed by atoms with Crippen LogP contribution in [0, 0.1) is 0 Å². The highest BCUT2D eigenvalue weighted by Crippen LogP contribution is 2.46. The average molecular weight is 696 g/mol. The molecule has 50 heavy (non-hydrogen) atoms. The summed E-state index contributed by atoms with van der Waals surface area (Å²) in [7, 11) is -2.09. The Kier molecular flexibility index (Phi) is 12.5. The van der Waals surface area contributed by atoms with Gasteiger partial charge in [-0.25, -0.2) is 0 Å². The molecule has 0 aromatic heterocycles. The second-order valence-corrected chi connectivity index (χ2v) is 19.9. The van der Waals surface area contributed by atoms with Gasteiger partial charge in [0, 0.05) is 39.1 Å². The second kappa shape index (κ2) is 16.6. The molecule has 3 aromatic carbocycles. The molecule has 268 valence electrons. The van der Waals surface area contributed by atoms with Gasteiger partial charge < -0.3 is 14.1 Å². The number of benzene rings is 3. The van der Waals surface area contributed by atoms with Gasteiger partial charge >= 0.3 is 5.97 Å². The molecule has 3 aromatic rings. The summed E-state index contributed by atoms with van der Waals surface area (Å²) in [6.07, 6.45) is 4.24. The first-order valence-electron chi connectivity index (χ1n) is 18.4. The minimum Gasteiger partial charge on any atom is -0.466 e. The van der Waals surface area contributed by atoms with E-state index in [1.54, 1.807) is 0 Å². The van der Waals surface area contributed by atoms with Crippen molar-refractivity contribution in [1.29, 1.82) is 0 Å². The van der Waals surface area contributed by atoms with Crippen molar-refractivity contribution in [3.8, 4) is 0 Å². The molecule has 0 aliphatic carbocycles. The molecule has 2 fully saturated rings. The van der Waals surface area contributed by atoms with Gasteiger partial charge in [-0.05, 0) is 66.7 Å². The molecule has 2 aliphatic heterocycles. The maximum absolute atomic E-state index is 13.4. The fraction of sp³-hybridized carbons (Fsp3) is 0.476. The lowest BCUT2D eigenvalue weighted by Gasteiger charge is -2.50. The highest BCUT2D eigenvalue weighted by Gasteiger charge is 2.46. The maximum Gasteiger partial charge on any atom is 0.305 e. The van der Waals surface area contributed by atoms with Crippen LogP contribution in [0.4, 0.5) is 0 Å². The average Bonchev–Trinajstić information content (AvgIpc) is 3.10. The Hall–Kier alpha value is -3.56. The number of piperazine rings is 1. The summed E-state index contributed by atoms with van der Waals surface area (Å²) in [5.74, 6) is -0.0399. The maximum atomic E-state index is 13.4. The van der Waals surface area contributed by atoms with E-state index in [9.17, 15) is 9.59 Å². The normalized spacial score (nSPS) is 19.2. The first kappa shape index (κ1) is 37.7. The Bertz CT molecular complexity index is 1480. The second-order valence-electron chi connectivity index (χ2n) is 15.2. The van der Waals surface area contributed by atoms with Crippen LogP contribution in [0.25, 0.3) is 0 Å². The van der Waals surface area contributed by atoms with Gasteiger partial charge in [0.15, 0.2) is 8.32 Å². The zero-order chi connectivity index (χ0) is 35.8. The van der Waals surface area contributed by atoms with Crippen LogP contribution in [0.2, 0.25) is 18.1 Å². The zero-order valence-electron chi connectivity index (χ0n) is 31.1. The van der Waals surface area contributed by atoms with E-state index in [-0.39, 0.29) is 23.0 Å². The summed E-state index contributed by atoms with van der Waals surface area (Å²) in [5.41, 5.74) is 4.42. The van der Waals surface area contributed by atoms with E-state index in [1.165, 1.54) is 22.3 Å². The van der Waals surface area contributed by atoms with Crippen LogP contribution in [0.1, 0.15) is 63.6 Å². The molecule has 0 saturated carbocycles. The molecule has 2 heterocycles. The first-order chi connectivity index (χ1) is 24.0. The Morgan fingerprint density at radius 1 is 0.840 bits per heavy atom. The number of amides is 1. The number of likely N-dealkylation sites (tertiary alicyclic amines) is 1. The molecule has 5 rings (SSSR count). The largest absolute Gasteiger partial charge is 0.466 e. The molecule has 7 nitrogen and oxygen atoms in total. The molecule has 1 amide bonds. The van der Waals surface area contributed by atoms with Crippen LogP contribution in [0.15, 0.2) is 103 Å². The molecule has 0 bridgehead atoms. The van der Waals surface area contributed by atoms with Crippen molar-refractivity contribution in [2.24, 2.45) is 0 Å². The van der Waals surface area contributed by atoms with E-state index in [0.717, 1.165) is 32.6 Å². The number of esters is 1. The van der Waals surface area contributed by atoms with E-state index in [4.69, 9.17) is 9.16 Å². The molecule has 0 spiro atoms. The highest BCUT2D eigenvalue weighted by atomic mass is 28.4. The predicted molar refractivity (Wildman–Crippen MR) is 204 cm³/mol. The van der Waals surface area contributed by atoms with Gasteiger partial charge in [0.05, 0.1) is 24.8 Å². The van der Waals surface area contributed by atoms with Gasteiger partial charge in [-0.1, -0.05) is 118 Å². The number of ether oxygens (including phenoxy) is 1. The van der Waals surface area contributed by atoms with Crippen molar-refractivity contribution in [3.63, 3.8) is 0 Å². The number of rotatable bonds is 13. The van der Waals surface area contributed by atoms with Crippen LogP contribution >= 0.6 is 0 Å². The van der Waals surface area contributed by atoms with Crippen LogP contribution in [0.5, 0.6) is 0 Å². The van der Waals surface area contributed by atoms with Crippen LogP contribution in [0.3, 0.4) is 0 Å². The van der Waals surface area contributed by atoms with E-state index in [1.807, 2.05) is 11.8 Å². The molecule has 8 heteroatoms. The van der Waals surface area contributed by atoms with Crippen molar-refractivity contribution in [2.45, 2.75) is 76.7 Å². The Morgan fingerprint density at radius 2 is 1.40 bits per heavy atom. The molecule has 0 radical (unpaired) electrons. The summed E-state index contributed by atoms with van der Waals surface area (Å²) in [6, 6.07) is 32.7. The minimum atomic E-state index is -2.09. The summed E-state index contributed by atoms with van der Waals surface area (Å²) in [5, 5.41) is 0.0800. The van der Waals surface area contributed by atoms with Crippen LogP contribution in [-0.4, -0.2) is 93.4 Å². The Morgan fingerprint density at radius 3 is 1.90 bits per heavy atom. The molecule has 2 saturated heterocycles. The van der Waals surface area contributed by atoms with E-state index < -0.39 is 13.9 Å². The molecule has 1 unspecified atom stereocenters. The monoisotopic (exact) mass is 695 g/mol. The first-order valence-corrected chi connectivity index (χ1v) is 21.3. The minimum absolute atomic E-state index is 0.00794. The lowest BCUT2D eigenvalue weighted by Crippen LogP contribution is -2.55. The van der Waals surface area contributed by atoms with Crippen LogP contribution < -0.4 is 0 Å². The van der Waals surface area contributed by atoms with Crippen molar-refractivity contribution in [1.82, 2.24) is 14.7 Å². The van der Waals surface area contributed by atoms with Gasteiger partial charge in [0.25, 0.3) is 0 Å². The van der Waals surface area contributed by atoms with Crippen LogP contribution in [-0.2, 0) is 24.3 Å². The van der Waals surface area contributed by atoms with Gasteiger partial charge in [-0.15, -0.1) is 0 Å². The number of carbonyl (C=O) groups is 2.